The normalized spacial score (nSPS) is 25.3. The second-order valence-corrected chi connectivity index (χ2v) is 5.97. The number of nitrogens with one attached hydrogen (secondary N) is 1. The molecule has 2 atom stereocenters. The zero-order valence-electron chi connectivity index (χ0n) is 9.87. The van der Waals surface area contributed by atoms with Crippen molar-refractivity contribution >= 4 is 21.4 Å². The predicted octanol–water partition coefficient (Wildman–Crippen LogP) is 3.90. The summed E-state index contributed by atoms with van der Waals surface area (Å²) in [5.41, 5.74) is 0. The van der Waals surface area contributed by atoms with Crippen molar-refractivity contribution in [2.24, 2.45) is 0 Å². The highest BCUT2D eigenvalue weighted by atomic mass is 32.1. The van der Waals surface area contributed by atoms with Crippen LogP contribution in [-0.4, -0.2) is 12.6 Å². The summed E-state index contributed by atoms with van der Waals surface area (Å²) >= 11 is 1.63. The third kappa shape index (κ3) is 2.09. The first-order valence-electron chi connectivity index (χ1n) is 6.15. The minimum Gasteiger partial charge on any atom is -0.314 e. The van der Waals surface area contributed by atoms with Crippen LogP contribution < -0.4 is 5.32 Å². The van der Waals surface area contributed by atoms with E-state index in [1.54, 1.807) is 23.5 Å². The van der Waals surface area contributed by atoms with Crippen molar-refractivity contribution in [1.82, 2.24) is 5.32 Å². The van der Waals surface area contributed by atoms with Crippen LogP contribution in [0.5, 0.6) is 0 Å². The first-order valence-corrected chi connectivity index (χ1v) is 6.97. The van der Waals surface area contributed by atoms with Gasteiger partial charge in [-0.25, -0.2) is 4.39 Å². The molecule has 1 aromatic heterocycles. The van der Waals surface area contributed by atoms with Crippen molar-refractivity contribution in [3.8, 4) is 0 Å². The van der Waals surface area contributed by atoms with E-state index in [0.717, 1.165) is 23.1 Å². The van der Waals surface area contributed by atoms with E-state index >= 15 is 0 Å². The van der Waals surface area contributed by atoms with Gasteiger partial charge >= 0.3 is 0 Å². The topological polar surface area (TPSA) is 12.0 Å². The van der Waals surface area contributed by atoms with E-state index in [0.29, 0.717) is 12.0 Å². The summed E-state index contributed by atoms with van der Waals surface area (Å²) in [5.74, 6) is 0.517. The van der Waals surface area contributed by atoms with Crippen LogP contribution in [0.2, 0.25) is 0 Å². The number of fused-ring (bicyclic) bond motifs is 1. The molecule has 0 saturated carbocycles. The van der Waals surface area contributed by atoms with Gasteiger partial charge in [-0.05, 0) is 49.7 Å². The summed E-state index contributed by atoms with van der Waals surface area (Å²) in [5, 5.41) is 4.51. The molecule has 1 nitrogen and oxygen atoms in total. The maximum Gasteiger partial charge on any atom is 0.140 e. The average molecular weight is 249 g/mol. The standard InChI is InChI=1S/C14H16FNS/c1-9-7-10(5-6-16-9)13-8-11-3-2-4-12(15)14(11)17-13/h2-4,8-10,16H,5-7H2,1H3/t9-,10-/m0/s1. The fraction of sp³-hybridized carbons (Fsp3) is 0.429. The van der Waals surface area contributed by atoms with Gasteiger partial charge < -0.3 is 5.32 Å². The molecule has 3 rings (SSSR count). The Morgan fingerprint density at radius 1 is 1.41 bits per heavy atom. The molecular weight excluding hydrogens is 233 g/mol. The van der Waals surface area contributed by atoms with E-state index in [2.05, 4.69) is 18.3 Å². The number of rotatable bonds is 1. The van der Waals surface area contributed by atoms with Gasteiger partial charge in [0, 0.05) is 10.9 Å². The summed E-state index contributed by atoms with van der Waals surface area (Å²) < 4.78 is 14.5. The van der Waals surface area contributed by atoms with Crippen molar-refractivity contribution in [2.75, 3.05) is 6.54 Å². The van der Waals surface area contributed by atoms with Crippen molar-refractivity contribution < 1.29 is 4.39 Å². The molecule has 0 amide bonds. The Kier molecular flexibility index (Phi) is 2.89. The van der Waals surface area contributed by atoms with Gasteiger partial charge in [-0.2, -0.15) is 0 Å². The molecule has 2 aromatic rings. The molecule has 0 bridgehead atoms. The lowest BCUT2D eigenvalue weighted by atomic mass is 9.92. The van der Waals surface area contributed by atoms with Crippen LogP contribution >= 0.6 is 11.3 Å². The van der Waals surface area contributed by atoms with Crippen LogP contribution in [0, 0.1) is 5.82 Å². The quantitative estimate of drug-likeness (QED) is 0.808. The van der Waals surface area contributed by atoms with E-state index in [4.69, 9.17) is 0 Å². The summed E-state index contributed by atoms with van der Waals surface area (Å²) in [6.45, 7) is 3.29. The molecule has 0 aliphatic carbocycles. The van der Waals surface area contributed by atoms with Gasteiger partial charge in [-0.15, -0.1) is 11.3 Å². The lowest BCUT2D eigenvalue weighted by molar-refractivity contribution is 0.384. The number of thiophene rings is 1. The molecule has 1 saturated heterocycles. The highest BCUT2D eigenvalue weighted by molar-refractivity contribution is 7.19. The molecule has 3 heteroatoms. The van der Waals surface area contributed by atoms with Crippen molar-refractivity contribution in [3.63, 3.8) is 0 Å². The molecule has 1 aliphatic rings. The Balaban J connectivity index is 1.97. The molecule has 17 heavy (non-hydrogen) atoms. The summed E-state index contributed by atoms with van der Waals surface area (Å²) in [7, 11) is 0. The van der Waals surface area contributed by atoms with Crippen molar-refractivity contribution in [3.05, 3.63) is 35.0 Å². The first-order chi connectivity index (χ1) is 8.24. The lowest BCUT2D eigenvalue weighted by Crippen LogP contribution is -2.34. The second kappa shape index (κ2) is 4.39. The molecule has 1 fully saturated rings. The lowest BCUT2D eigenvalue weighted by Gasteiger charge is -2.27. The van der Waals surface area contributed by atoms with Gasteiger partial charge in [0.1, 0.15) is 5.82 Å². The molecule has 2 heterocycles. The largest absolute Gasteiger partial charge is 0.314 e. The number of halogens is 1. The predicted molar refractivity (Wildman–Crippen MR) is 71.2 cm³/mol. The summed E-state index contributed by atoms with van der Waals surface area (Å²) in [6.07, 6.45) is 2.33. The van der Waals surface area contributed by atoms with Gasteiger partial charge in [0.25, 0.3) is 0 Å². The minimum atomic E-state index is -0.0827. The summed E-state index contributed by atoms with van der Waals surface area (Å²) in [6, 6.07) is 8.09. The van der Waals surface area contributed by atoms with Crippen LogP contribution in [0.25, 0.3) is 10.1 Å². The first kappa shape index (κ1) is 11.2. The zero-order valence-corrected chi connectivity index (χ0v) is 10.7. The number of benzene rings is 1. The van der Waals surface area contributed by atoms with E-state index < -0.39 is 0 Å². The van der Waals surface area contributed by atoms with Crippen LogP contribution in [0.1, 0.15) is 30.6 Å². The van der Waals surface area contributed by atoms with Gasteiger partial charge in [-0.1, -0.05) is 12.1 Å². The Bertz CT molecular complexity index is 534. The maximum absolute atomic E-state index is 13.6. The Hall–Kier alpha value is -0.930. The van der Waals surface area contributed by atoms with E-state index in [1.807, 2.05) is 6.07 Å². The Morgan fingerprint density at radius 3 is 3.06 bits per heavy atom. The second-order valence-electron chi connectivity index (χ2n) is 4.88. The SMILES string of the molecule is C[C@H]1C[C@@H](c2cc3cccc(F)c3s2)CCN1. The number of hydrogen-bond acceptors (Lipinski definition) is 2. The van der Waals surface area contributed by atoms with E-state index in [-0.39, 0.29) is 5.82 Å². The molecule has 1 aromatic carbocycles. The molecule has 1 N–H and O–H groups in total. The van der Waals surface area contributed by atoms with Gasteiger partial charge in [-0.3, -0.25) is 0 Å². The zero-order chi connectivity index (χ0) is 11.8. The molecular formula is C14H16FNS. The van der Waals surface area contributed by atoms with E-state index in [9.17, 15) is 4.39 Å². The van der Waals surface area contributed by atoms with Crippen molar-refractivity contribution in [1.29, 1.82) is 0 Å². The molecule has 0 unspecified atom stereocenters. The van der Waals surface area contributed by atoms with Crippen LogP contribution in [-0.2, 0) is 0 Å². The average Bonchev–Trinajstić information content (AvgIpc) is 2.74. The summed E-state index contributed by atoms with van der Waals surface area (Å²) in [4.78, 5) is 1.35. The van der Waals surface area contributed by atoms with Crippen molar-refractivity contribution in [2.45, 2.75) is 31.7 Å². The maximum atomic E-state index is 13.6. The Labute approximate surface area is 105 Å². The molecule has 0 spiro atoms. The van der Waals surface area contributed by atoms with Crippen LogP contribution in [0.3, 0.4) is 0 Å². The monoisotopic (exact) mass is 249 g/mol. The van der Waals surface area contributed by atoms with Gasteiger partial charge in [0.15, 0.2) is 0 Å². The molecule has 1 aliphatic heterocycles. The Morgan fingerprint density at radius 2 is 2.29 bits per heavy atom. The van der Waals surface area contributed by atoms with Gasteiger partial charge in [0.05, 0.1) is 4.70 Å². The van der Waals surface area contributed by atoms with Crippen LogP contribution in [0.4, 0.5) is 4.39 Å². The third-order valence-corrected chi connectivity index (χ3v) is 4.86. The number of piperidine rings is 1. The van der Waals surface area contributed by atoms with E-state index in [1.165, 1.54) is 11.3 Å². The van der Waals surface area contributed by atoms with Gasteiger partial charge in [0.2, 0.25) is 0 Å². The third-order valence-electron chi connectivity index (χ3n) is 3.54. The van der Waals surface area contributed by atoms with Crippen LogP contribution in [0.15, 0.2) is 24.3 Å². The fourth-order valence-corrected chi connectivity index (χ4v) is 3.85. The minimum absolute atomic E-state index is 0.0827. The highest BCUT2D eigenvalue weighted by Gasteiger charge is 2.21. The highest BCUT2D eigenvalue weighted by Crippen LogP contribution is 2.37. The smallest absolute Gasteiger partial charge is 0.140 e. The number of hydrogen-bond donors (Lipinski definition) is 1. The molecule has 0 radical (unpaired) electrons. The molecule has 90 valence electrons. The fourth-order valence-electron chi connectivity index (χ4n) is 2.64.